The van der Waals surface area contributed by atoms with Crippen LogP contribution < -0.4 is 24.4 Å². The maximum absolute atomic E-state index is 13.9. The summed E-state index contributed by atoms with van der Waals surface area (Å²) in [4.78, 5) is 29.4. The topological polar surface area (TPSA) is 87.4 Å². The summed E-state index contributed by atoms with van der Waals surface area (Å²) in [5, 5.41) is 0.719. The normalized spacial score (nSPS) is 15.7. The first-order valence-electron chi connectivity index (χ1n) is 13.1. The number of ether oxygens (including phenoxy) is 4. The van der Waals surface area contributed by atoms with E-state index in [2.05, 4.69) is 13.8 Å². The Morgan fingerprint density at radius 2 is 1.82 bits per heavy atom. The van der Waals surface area contributed by atoms with Gasteiger partial charge in [0.2, 0.25) is 12.6 Å². The van der Waals surface area contributed by atoms with Gasteiger partial charge in [0.15, 0.2) is 28.4 Å². The number of fused-ring (bicyclic) bond motifs is 3. The summed E-state index contributed by atoms with van der Waals surface area (Å²) >= 11 is 6.21. The number of carbonyl (C=O) groups is 1. The second kappa shape index (κ2) is 10.4. The molecule has 8 nitrogen and oxygen atoms in total. The fourth-order valence-electron chi connectivity index (χ4n) is 5.12. The van der Waals surface area contributed by atoms with Crippen LogP contribution in [0.4, 0.5) is 0 Å². The molecule has 2 aliphatic heterocycles. The van der Waals surface area contributed by atoms with Crippen LogP contribution in [-0.4, -0.2) is 31.3 Å². The molecule has 206 valence electrons. The zero-order valence-corrected chi connectivity index (χ0v) is 23.1. The molecule has 4 aromatic rings. The van der Waals surface area contributed by atoms with Crippen LogP contribution in [0.15, 0.2) is 63.8 Å². The molecule has 3 aromatic carbocycles. The molecule has 0 spiro atoms. The summed E-state index contributed by atoms with van der Waals surface area (Å²) in [6.07, 6.45) is 0.898. The van der Waals surface area contributed by atoms with E-state index in [1.54, 1.807) is 30.2 Å². The Labute approximate surface area is 236 Å². The molecule has 1 aromatic heterocycles. The molecule has 40 heavy (non-hydrogen) atoms. The minimum absolute atomic E-state index is 0.0155. The highest BCUT2D eigenvalue weighted by Gasteiger charge is 2.43. The Bertz CT molecular complexity index is 1680. The van der Waals surface area contributed by atoms with E-state index in [9.17, 15) is 9.59 Å². The number of benzene rings is 3. The maximum atomic E-state index is 13.9. The van der Waals surface area contributed by atoms with Gasteiger partial charge in [-0.1, -0.05) is 37.6 Å². The molecule has 0 saturated carbocycles. The first kappa shape index (κ1) is 26.1. The third-order valence-electron chi connectivity index (χ3n) is 7.17. The second-order valence-electron chi connectivity index (χ2n) is 10.3. The fraction of sp³-hybridized carbons (Fsp3) is 0.290. The number of nitrogens with zero attached hydrogens (tertiary/aromatic N) is 1. The predicted octanol–water partition coefficient (Wildman–Crippen LogP) is 6.35. The summed E-state index contributed by atoms with van der Waals surface area (Å²) in [7, 11) is 1.57. The molecule has 1 atom stereocenters. The molecule has 3 heterocycles. The fourth-order valence-corrected chi connectivity index (χ4v) is 5.29. The van der Waals surface area contributed by atoms with Gasteiger partial charge in [-0.15, -0.1) is 0 Å². The molecular weight excluding hydrogens is 534 g/mol. The zero-order chi connectivity index (χ0) is 28.0. The van der Waals surface area contributed by atoms with Crippen LogP contribution in [0.1, 0.15) is 53.6 Å². The summed E-state index contributed by atoms with van der Waals surface area (Å²) in [5.74, 6) is 2.49. The lowest BCUT2D eigenvalue weighted by atomic mass is 9.97. The molecule has 0 N–H and O–H groups in total. The van der Waals surface area contributed by atoms with Crippen molar-refractivity contribution in [2.75, 3.05) is 20.5 Å². The van der Waals surface area contributed by atoms with Crippen molar-refractivity contribution in [3.63, 3.8) is 0 Å². The Morgan fingerprint density at radius 1 is 1.00 bits per heavy atom. The first-order valence-corrected chi connectivity index (χ1v) is 13.5. The van der Waals surface area contributed by atoms with Crippen molar-refractivity contribution in [2.45, 2.75) is 32.9 Å². The third-order valence-corrected chi connectivity index (χ3v) is 7.41. The Morgan fingerprint density at radius 3 is 2.62 bits per heavy atom. The van der Waals surface area contributed by atoms with E-state index < -0.39 is 6.04 Å². The molecule has 9 heteroatoms. The van der Waals surface area contributed by atoms with Crippen molar-refractivity contribution in [1.29, 1.82) is 0 Å². The van der Waals surface area contributed by atoms with E-state index in [0.717, 1.165) is 12.0 Å². The van der Waals surface area contributed by atoms with E-state index in [4.69, 9.17) is 35.0 Å². The van der Waals surface area contributed by atoms with Crippen LogP contribution in [-0.2, 0) is 6.54 Å². The van der Waals surface area contributed by atoms with Gasteiger partial charge in [0.1, 0.15) is 5.58 Å². The molecule has 2 aliphatic rings. The van der Waals surface area contributed by atoms with Crippen molar-refractivity contribution in [3.05, 3.63) is 92.3 Å². The molecule has 6 rings (SSSR count). The molecule has 0 aliphatic carbocycles. The quantitative estimate of drug-likeness (QED) is 0.247. The molecular formula is C31H28ClNO7. The summed E-state index contributed by atoms with van der Waals surface area (Å²) in [5.41, 5.74) is 1.76. The number of hydrogen-bond donors (Lipinski definition) is 0. The first-order chi connectivity index (χ1) is 19.3. The average Bonchev–Trinajstić information content (AvgIpc) is 3.52. The van der Waals surface area contributed by atoms with E-state index in [1.165, 1.54) is 0 Å². The number of halogens is 1. The van der Waals surface area contributed by atoms with Gasteiger partial charge in [-0.3, -0.25) is 9.59 Å². The monoisotopic (exact) mass is 561 g/mol. The number of carbonyl (C=O) groups excluding carboxylic acids is 1. The van der Waals surface area contributed by atoms with Gasteiger partial charge in [-0.25, -0.2) is 0 Å². The highest BCUT2D eigenvalue weighted by molar-refractivity contribution is 6.31. The maximum Gasteiger partial charge on any atom is 0.291 e. The molecule has 0 radical (unpaired) electrons. The number of amides is 1. The van der Waals surface area contributed by atoms with Crippen LogP contribution in [0.3, 0.4) is 0 Å². The van der Waals surface area contributed by atoms with Crippen molar-refractivity contribution in [1.82, 2.24) is 4.90 Å². The van der Waals surface area contributed by atoms with Gasteiger partial charge < -0.3 is 28.3 Å². The van der Waals surface area contributed by atoms with Crippen LogP contribution in [0.5, 0.6) is 23.0 Å². The lowest BCUT2D eigenvalue weighted by Crippen LogP contribution is -2.29. The van der Waals surface area contributed by atoms with Gasteiger partial charge in [-0.2, -0.15) is 0 Å². The van der Waals surface area contributed by atoms with Crippen LogP contribution in [0.25, 0.3) is 11.0 Å². The van der Waals surface area contributed by atoms with Gasteiger partial charge in [0, 0.05) is 11.6 Å². The zero-order valence-electron chi connectivity index (χ0n) is 22.4. The third kappa shape index (κ3) is 4.62. The van der Waals surface area contributed by atoms with Crippen LogP contribution >= 0.6 is 11.6 Å². The van der Waals surface area contributed by atoms with E-state index in [-0.39, 0.29) is 36.0 Å². The highest BCUT2D eigenvalue weighted by Crippen LogP contribution is 2.42. The van der Waals surface area contributed by atoms with Crippen molar-refractivity contribution in [3.8, 4) is 23.0 Å². The van der Waals surface area contributed by atoms with Gasteiger partial charge >= 0.3 is 0 Å². The molecule has 0 saturated heterocycles. The molecule has 1 unspecified atom stereocenters. The molecule has 0 fully saturated rings. The van der Waals surface area contributed by atoms with Crippen LogP contribution in [0.2, 0.25) is 5.02 Å². The van der Waals surface area contributed by atoms with Crippen molar-refractivity contribution in [2.24, 2.45) is 5.92 Å². The highest BCUT2D eigenvalue weighted by atomic mass is 35.5. The van der Waals surface area contributed by atoms with E-state index in [1.807, 2.05) is 36.4 Å². The predicted molar refractivity (Wildman–Crippen MR) is 150 cm³/mol. The van der Waals surface area contributed by atoms with Crippen LogP contribution in [0, 0.1) is 5.92 Å². The minimum atomic E-state index is -0.730. The van der Waals surface area contributed by atoms with Crippen molar-refractivity contribution >= 4 is 28.5 Å². The Kier molecular flexibility index (Phi) is 6.80. The summed E-state index contributed by atoms with van der Waals surface area (Å²) in [6, 6.07) is 15.1. The molecule has 0 bridgehead atoms. The van der Waals surface area contributed by atoms with Crippen molar-refractivity contribution < 1.29 is 28.2 Å². The number of hydrogen-bond acceptors (Lipinski definition) is 7. The lowest BCUT2D eigenvalue weighted by Gasteiger charge is -2.26. The number of methoxy groups -OCH3 is 1. The second-order valence-corrected chi connectivity index (χ2v) is 10.7. The molecule has 1 amide bonds. The lowest BCUT2D eigenvalue weighted by molar-refractivity contribution is 0.0714. The number of rotatable bonds is 8. The Hall–Kier alpha value is -4.17. The SMILES string of the molecule is COc1cc(C2c3c(oc4ccc(Cl)cc4c3=O)C(=O)N2Cc2ccc3c(c2)OCO3)ccc1OCCC(C)C. The van der Waals surface area contributed by atoms with E-state index >= 15 is 0 Å². The smallest absolute Gasteiger partial charge is 0.291 e. The van der Waals surface area contributed by atoms with Gasteiger partial charge in [0.25, 0.3) is 5.91 Å². The standard InChI is InChI=1S/C31H28ClNO7/c1-17(2)10-11-37-23-8-5-19(13-25(23)36-3)28-27-29(34)21-14-20(32)6-9-22(21)40-30(27)31(35)33(28)15-18-4-7-24-26(12-18)39-16-38-24/h4-9,12-14,17,28H,10-11,15-16H2,1-3H3. The van der Waals surface area contributed by atoms with Gasteiger partial charge in [0.05, 0.1) is 30.7 Å². The van der Waals surface area contributed by atoms with E-state index in [0.29, 0.717) is 57.1 Å². The average molecular weight is 562 g/mol. The largest absolute Gasteiger partial charge is 0.493 e. The summed E-state index contributed by atoms with van der Waals surface area (Å²) < 4.78 is 28.7. The minimum Gasteiger partial charge on any atom is -0.493 e. The Balaban J connectivity index is 1.46. The van der Waals surface area contributed by atoms with Gasteiger partial charge in [-0.05, 0) is 65.9 Å². The summed E-state index contributed by atoms with van der Waals surface area (Å²) in [6.45, 7) is 5.17.